The zero-order valence-corrected chi connectivity index (χ0v) is 17.3. The van der Waals surface area contributed by atoms with Crippen LogP contribution < -0.4 is 4.74 Å². The highest BCUT2D eigenvalue weighted by molar-refractivity contribution is 5.94. The van der Waals surface area contributed by atoms with E-state index in [1.807, 2.05) is 30.4 Å². The second kappa shape index (κ2) is 9.26. The first-order chi connectivity index (χ1) is 15.0. The highest BCUT2D eigenvalue weighted by Crippen LogP contribution is 2.20. The van der Waals surface area contributed by atoms with Gasteiger partial charge in [-0.15, -0.1) is 0 Å². The average molecular weight is 426 g/mol. The summed E-state index contributed by atoms with van der Waals surface area (Å²) >= 11 is 0. The first kappa shape index (κ1) is 21.0. The standard InChI is InChI=1S/C23H24F2N4O2/c1-27-14-18(13-26-27)15-28-7-9-29(10-8-28)23(30)19-4-2-3-17(11-19)16-31-22-6-5-20(24)12-21(22)25/h2-6,11-14H,7-10,15-16H2,1H3. The number of benzene rings is 2. The van der Waals surface area contributed by atoms with Crippen LogP contribution >= 0.6 is 0 Å². The molecule has 6 nitrogen and oxygen atoms in total. The number of rotatable bonds is 6. The highest BCUT2D eigenvalue weighted by Gasteiger charge is 2.22. The van der Waals surface area contributed by atoms with Gasteiger partial charge in [0.15, 0.2) is 11.6 Å². The Morgan fingerprint density at radius 2 is 1.87 bits per heavy atom. The second-order valence-electron chi connectivity index (χ2n) is 7.65. The van der Waals surface area contributed by atoms with Gasteiger partial charge in [0.25, 0.3) is 5.91 Å². The molecule has 8 heteroatoms. The van der Waals surface area contributed by atoms with Crippen LogP contribution in [0.4, 0.5) is 8.78 Å². The van der Waals surface area contributed by atoms with E-state index in [2.05, 4.69) is 10.00 Å². The molecule has 4 rings (SSSR count). The van der Waals surface area contributed by atoms with Gasteiger partial charge in [0.05, 0.1) is 6.20 Å². The van der Waals surface area contributed by atoms with E-state index in [1.165, 1.54) is 6.07 Å². The van der Waals surface area contributed by atoms with Crippen molar-refractivity contribution in [1.29, 1.82) is 0 Å². The van der Waals surface area contributed by atoms with Gasteiger partial charge >= 0.3 is 0 Å². The molecule has 1 saturated heterocycles. The van der Waals surface area contributed by atoms with Gasteiger partial charge < -0.3 is 9.64 Å². The highest BCUT2D eigenvalue weighted by atomic mass is 19.1. The van der Waals surface area contributed by atoms with Gasteiger partial charge in [0.1, 0.15) is 12.4 Å². The summed E-state index contributed by atoms with van der Waals surface area (Å²) in [5.41, 5.74) is 2.47. The number of ether oxygens (including phenoxy) is 1. The van der Waals surface area contributed by atoms with Crippen LogP contribution in [0.15, 0.2) is 54.9 Å². The number of aryl methyl sites for hydroxylation is 1. The molecule has 2 aromatic carbocycles. The van der Waals surface area contributed by atoms with Crippen LogP contribution in [0.25, 0.3) is 0 Å². The average Bonchev–Trinajstić information content (AvgIpc) is 3.18. The van der Waals surface area contributed by atoms with Crippen LogP contribution in [-0.4, -0.2) is 51.7 Å². The Labute approximate surface area is 179 Å². The van der Waals surface area contributed by atoms with Crippen LogP contribution in [0.2, 0.25) is 0 Å². The summed E-state index contributed by atoms with van der Waals surface area (Å²) in [5.74, 6) is -1.46. The van der Waals surface area contributed by atoms with Crippen LogP contribution in [0.1, 0.15) is 21.5 Å². The molecule has 2 heterocycles. The van der Waals surface area contributed by atoms with Gasteiger partial charge in [-0.1, -0.05) is 12.1 Å². The Hall–Kier alpha value is -3.26. The number of carbonyl (C=O) groups excluding carboxylic acids is 1. The third-order valence-electron chi connectivity index (χ3n) is 5.29. The van der Waals surface area contributed by atoms with Gasteiger partial charge in [-0.05, 0) is 29.8 Å². The molecule has 1 aliphatic heterocycles. The maximum Gasteiger partial charge on any atom is 0.253 e. The van der Waals surface area contributed by atoms with Gasteiger partial charge in [-0.3, -0.25) is 14.4 Å². The Balaban J connectivity index is 1.32. The lowest BCUT2D eigenvalue weighted by Crippen LogP contribution is -2.48. The molecule has 162 valence electrons. The van der Waals surface area contributed by atoms with Crippen molar-refractivity contribution in [3.63, 3.8) is 0 Å². The van der Waals surface area contributed by atoms with Crippen molar-refractivity contribution in [3.8, 4) is 5.75 Å². The molecule has 0 spiro atoms. The lowest BCUT2D eigenvalue weighted by atomic mass is 10.1. The molecule has 1 aromatic heterocycles. The van der Waals surface area contributed by atoms with Crippen molar-refractivity contribution < 1.29 is 18.3 Å². The zero-order chi connectivity index (χ0) is 21.8. The Kier molecular flexibility index (Phi) is 6.27. The fourth-order valence-corrected chi connectivity index (χ4v) is 3.65. The first-order valence-electron chi connectivity index (χ1n) is 10.1. The maximum absolute atomic E-state index is 13.7. The molecular formula is C23H24F2N4O2. The van der Waals surface area contributed by atoms with Gasteiger partial charge in [-0.25, -0.2) is 8.78 Å². The van der Waals surface area contributed by atoms with Gasteiger partial charge in [0.2, 0.25) is 0 Å². The van der Waals surface area contributed by atoms with Crippen LogP contribution in [-0.2, 0) is 20.2 Å². The summed E-state index contributed by atoms with van der Waals surface area (Å²) in [6.07, 6.45) is 3.87. The number of amides is 1. The van der Waals surface area contributed by atoms with Crippen molar-refractivity contribution in [2.45, 2.75) is 13.2 Å². The van der Waals surface area contributed by atoms with Crippen molar-refractivity contribution in [3.05, 3.63) is 83.2 Å². The van der Waals surface area contributed by atoms with Crippen molar-refractivity contribution in [1.82, 2.24) is 19.6 Å². The minimum absolute atomic E-state index is 0.0251. The summed E-state index contributed by atoms with van der Waals surface area (Å²) in [7, 11) is 1.90. The van der Waals surface area contributed by atoms with Gasteiger partial charge in [-0.2, -0.15) is 5.10 Å². The van der Waals surface area contributed by atoms with Crippen LogP contribution in [0.3, 0.4) is 0 Å². The molecule has 3 aromatic rings. The minimum atomic E-state index is -0.753. The number of halogens is 2. The molecule has 1 fully saturated rings. The molecule has 31 heavy (non-hydrogen) atoms. The molecule has 0 bridgehead atoms. The van der Waals surface area contributed by atoms with Crippen molar-refractivity contribution in [2.75, 3.05) is 26.2 Å². The van der Waals surface area contributed by atoms with E-state index in [4.69, 9.17) is 4.74 Å². The normalized spacial score (nSPS) is 14.6. The second-order valence-corrected chi connectivity index (χ2v) is 7.65. The molecule has 1 aliphatic rings. The third-order valence-corrected chi connectivity index (χ3v) is 5.29. The quantitative estimate of drug-likeness (QED) is 0.607. The van der Waals surface area contributed by atoms with E-state index >= 15 is 0 Å². The Morgan fingerprint density at radius 3 is 2.58 bits per heavy atom. The summed E-state index contributed by atoms with van der Waals surface area (Å²) in [6, 6.07) is 10.3. The molecule has 0 N–H and O–H groups in total. The topological polar surface area (TPSA) is 50.6 Å². The fourth-order valence-electron chi connectivity index (χ4n) is 3.65. The van der Waals surface area contributed by atoms with E-state index in [9.17, 15) is 13.6 Å². The van der Waals surface area contributed by atoms with Crippen molar-refractivity contribution >= 4 is 5.91 Å². The first-order valence-corrected chi connectivity index (χ1v) is 10.1. The molecular weight excluding hydrogens is 402 g/mol. The fraction of sp³-hybridized carbons (Fsp3) is 0.304. The number of piperazine rings is 1. The molecule has 1 amide bonds. The lowest BCUT2D eigenvalue weighted by molar-refractivity contribution is 0.0628. The molecule has 0 aliphatic carbocycles. The summed E-state index contributed by atoms with van der Waals surface area (Å²) in [6.45, 7) is 3.81. The molecule has 0 unspecified atom stereocenters. The van der Waals surface area contributed by atoms with E-state index in [-0.39, 0.29) is 18.3 Å². The lowest BCUT2D eigenvalue weighted by Gasteiger charge is -2.34. The minimum Gasteiger partial charge on any atom is -0.486 e. The van der Waals surface area contributed by atoms with E-state index < -0.39 is 11.6 Å². The number of hydrogen-bond acceptors (Lipinski definition) is 4. The molecule has 0 radical (unpaired) electrons. The predicted molar refractivity (Wildman–Crippen MR) is 112 cm³/mol. The Bertz CT molecular complexity index is 1060. The smallest absolute Gasteiger partial charge is 0.253 e. The maximum atomic E-state index is 13.7. The summed E-state index contributed by atoms with van der Waals surface area (Å²) in [5, 5.41) is 4.19. The Morgan fingerprint density at radius 1 is 1.06 bits per heavy atom. The largest absolute Gasteiger partial charge is 0.486 e. The molecule has 0 saturated carbocycles. The molecule has 0 atom stereocenters. The number of carbonyl (C=O) groups is 1. The van der Waals surface area contributed by atoms with E-state index in [0.717, 1.165) is 42.9 Å². The number of nitrogens with zero attached hydrogens (tertiary/aromatic N) is 4. The SMILES string of the molecule is Cn1cc(CN2CCN(C(=O)c3cccc(COc4ccc(F)cc4F)c3)CC2)cn1. The summed E-state index contributed by atoms with van der Waals surface area (Å²) in [4.78, 5) is 17.1. The predicted octanol–water partition coefficient (Wildman–Crippen LogP) is 3.24. The van der Waals surface area contributed by atoms with Crippen molar-refractivity contribution in [2.24, 2.45) is 7.05 Å². The monoisotopic (exact) mass is 426 g/mol. The van der Waals surface area contributed by atoms with Crippen LogP contribution in [0, 0.1) is 11.6 Å². The third kappa shape index (κ3) is 5.27. The van der Waals surface area contributed by atoms with E-state index in [1.54, 1.807) is 22.9 Å². The van der Waals surface area contributed by atoms with Gasteiger partial charge in [0, 0.05) is 63.2 Å². The van der Waals surface area contributed by atoms with E-state index in [0.29, 0.717) is 18.7 Å². The summed E-state index contributed by atoms with van der Waals surface area (Å²) < 4.78 is 34.0. The van der Waals surface area contributed by atoms with Crippen LogP contribution in [0.5, 0.6) is 5.75 Å². The number of hydrogen-bond donors (Lipinski definition) is 0. The zero-order valence-electron chi connectivity index (χ0n) is 17.3. The number of aromatic nitrogens is 2.